The Morgan fingerprint density at radius 2 is 2.29 bits per heavy atom. The lowest BCUT2D eigenvalue weighted by Gasteiger charge is -2.31. The summed E-state index contributed by atoms with van der Waals surface area (Å²) in [7, 11) is 0. The van der Waals surface area contributed by atoms with Crippen molar-refractivity contribution in [3.8, 4) is 0 Å². The molecule has 1 saturated carbocycles. The number of aliphatic hydroxyl groups is 2. The molecule has 0 aromatic heterocycles. The van der Waals surface area contributed by atoms with E-state index < -0.39 is 0 Å². The van der Waals surface area contributed by atoms with Crippen molar-refractivity contribution in [1.29, 1.82) is 0 Å². The Hall–Kier alpha value is -0.160. The summed E-state index contributed by atoms with van der Waals surface area (Å²) in [5.74, 6) is 0. The van der Waals surface area contributed by atoms with Gasteiger partial charge in [0.25, 0.3) is 0 Å². The maximum Gasteiger partial charge on any atom is 0.0693 e. The zero-order chi connectivity index (χ0) is 10.0. The quantitative estimate of drug-likeness (QED) is 0.583. The summed E-state index contributed by atoms with van der Waals surface area (Å²) in [5, 5.41) is 22.4. The first kappa shape index (κ1) is 10.4. The van der Waals surface area contributed by atoms with Crippen LogP contribution in [-0.4, -0.2) is 47.7 Å². The first-order valence-corrected chi connectivity index (χ1v) is 5.40. The molecule has 1 aliphatic carbocycles. The molecule has 0 radical (unpaired) electrons. The predicted octanol–water partition coefficient (Wildman–Crippen LogP) is -0.359. The molecule has 0 aromatic carbocycles. The topological polar surface area (TPSA) is 61.7 Å². The number of aliphatic hydroxyl groups excluding tert-OH is 2. The third-order valence-corrected chi connectivity index (χ3v) is 3.38. The van der Waals surface area contributed by atoms with E-state index in [0.717, 1.165) is 25.7 Å². The smallest absolute Gasteiger partial charge is 0.0693 e. The summed E-state index contributed by atoms with van der Waals surface area (Å²) in [6.07, 6.45) is 3.54. The van der Waals surface area contributed by atoms with Crippen LogP contribution < -0.4 is 5.32 Å². The molecule has 4 nitrogen and oxygen atoms in total. The molecular weight excluding hydrogens is 182 g/mol. The van der Waals surface area contributed by atoms with Crippen LogP contribution in [0, 0.1) is 0 Å². The van der Waals surface area contributed by atoms with Gasteiger partial charge in [0.2, 0.25) is 0 Å². The van der Waals surface area contributed by atoms with E-state index in [2.05, 4.69) is 5.32 Å². The van der Waals surface area contributed by atoms with Gasteiger partial charge in [0, 0.05) is 12.6 Å². The zero-order valence-electron chi connectivity index (χ0n) is 8.41. The van der Waals surface area contributed by atoms with Crippen LogP contribution in [-0.2, 0) is 4.74 Å². The summed E-state index contributed by atoms with van der Waals surface area (Å²) in [6, 6.07) is 0.142. The second-order valence-corrected chi connectivity index (χ2v) is 4.49. The molecular formula is C10H19NO3. The van der Waals surface area contributed by atoms with Gasteiger partial charge in [0.05, 0.1) is 24.9 Å². The fourth-order valence-corrected chi connectivity index (χ4v) is 2.39. The highest BCUT2D eigenvalue weighted by molar-refractivity contribution is 4.96. The maximum absolute atomic E-state index is 9.67. The molecule has 14 heavy (non-hydrogen) atoms. The maximum atomic E-state index is 9.67. The van der Waals surface area contributed by atoms with Gasteiger partial charge in [-0.05, 0) is 25.7 Å². The van der Waals surface area contributed by atoms with Crippen LogP contribution in [0.1, 0.15) is 25.7 Å². The van der Waals surface area contributed by atoms with E-state index >= 15 is 0 Å². The van der Waals surface area contributed by atoms with Crippen molar-refractivity contribution in [2.45, 2.75) is 43.4 Å². The number of ether oxygens (including phenoxy) is 1. The lowest BCUT2D eigenvalue weighted by molar-refractivity contribution is 0.0819. The SMILES string of the molecule is OCC1(N[C@H]2CCC[C@@H]2O)CCOC1. The highest BCUT2D eigenvalue weighted by Gasteiger charge is 2.38. The molecule has 0 bridgehead atoms. The molecule has 2 rings (SSSR count). The van der Waals surface area contributed by atoms with Gasteiger partial charge in [0.1, 0.15) is 0 Å². The lowest BCUT2D eigenvalue weighted by Crippen LogP contribution is -2.55. The summed E-state index contributed by atoms with van der Waals surface area (Å²) in [5.41, 5.74) is -0.296. The van der Waals surface area contributed by atoms with Crippen molar-refractivity contribution in [2.24, 2.45) is 0 Å². The van der Waals surface area contributed by atoms with Gasteiger partial charge in [-0.3, -0.25) is 0 Å². The molecule has 3 atom stereocenters. The molecule has 2 aliphatic rings. The van der Waals surface area contributed by atoms with E-state index in [9.17, 15) is 10.2 Å². The molecule has 82 valence electrons. The highest BCUT2D eigenvalue weighted by Crippen LogP contribution is 2.25. The van der Waals surface area contributed by atoms with Crippen LogP contribution in [0.2, 0.25) is 0 Å². The minimum atomic E-state index is -0.296. The van der Waals surface area contributed by atoms with Crippen LogP contribution >= 0.6 is 0 Å². The van der Waals surface area contributed by atoms with Crippen molar-refractivity contribution in [3.63, 3.8) is 0 Å². The van der Waals surface area contributed by atoms with Crippen molar-refractivity contribution < 1.29 is 14.9 Å². The first-order valence-electron chi connectivity index (χ1n) is 5.40. The minimum Gasteiger partial charge on any atom is -0.394 e. The molecule has 1 unspecified atom stereocenters. The van der Waals surface area contributed by atoms with E-state index in [1.807, 2.05) is 0 Å². The average Bonchev–Trinajstić information content (AvgIpc) is 2.79. The second-order valence-electron chi connectivity index (χ2n) is 4.49. The van der Waals surface area contributed by atoms with Crippen molar-refractivity contribution in [2.75, 3.05) is 19.8 Å². The van der Waals surface area contributed by atoms with E-state index in [1.165, 1.54) is 0 Å². The number of nitrogens with one attached hydrogen (secondary N) is 1. The summed E-state index contributed by atoms with van der Waals surface area (Å²) in [4.78, 5) is 0. The predicted molar refractivity (Wildman–Crippen MR) is 52.0 cm³/mol. The first-order chi connectivity index (χ1) is 6.76. The van der Waals surface area contributed by atoms with Crippen LogP contribution in [0.5, 0.6) is 0 Å². The van der Waals surface area contributed by atoms with Crippen LogP contribution in [0.4, 0.5) is 0 Å². The Labute approximate surface area is 84.3 Å². The number of hydrogen-bond donors (Lipinski definition) is 3. The van der Waals surface area contributed by atoms with Crippen molar-refractivity contribution in [3.05, 3.63) is 0 Å². The fraction of sp³-hybridized carbons (Fsp3) is 1.00. The number of rotatable bonds is 3. The summed E-state index contributed by atoms with van der Waals surface area (Å²) < 4.78 is 5.29. The van der Waals surface area contributed by atoms with E-state index in [0.29, 0.717) is 13.2 Å². The van der Waals surface area contributed by atoms with Crippen molar-refractivity contribution >= 4 is 0 Å². The van der Waals surface area contributed by atoms with Gasteiger partial charge in [0.15, 0.2) is 0 Å². The van der Waals surface area contributed by atoms with Gasteiger partial charge >= 0.3 is 0 Å². The van der Waals surface area contributed by atoms with E-state index in [4.69, 9.17) is 4.74 Å². The van der Waals surface area contributed by atoms with Gasteiger partial charge in [-0.2, -0.15) is 0 Å². The monoisotopic (exact) mass is 201 g/mol. The van der Waals surface area contributed by atoms with Crippen LogP contribution in [0.3, 0.4) is 0 Å². The molecule has 0 amide bonds. The van der Waals surface area contributed by atoms with Crippen LogP contribution in [0.25, 0.3) is 0 Å². The molecule has 1 saturated heterocycles. The molecule has 0 aromatic rings. The van der Waals surface area contributed by atoms with E-state index in [1.54, 1.807) is 0 Å². The van der Waals surface area contributed by atoms with E-state index in [-0.39, 0.29) is 24.3 Å². The average molecular weight is 201 g/mol. The number of hydrogen-bond acceptors (Lipinski definition) is 4. The molecule has 2 fully saturated rings. The Kier molecular flexibility index (Phi) is 3.07. The molecule has 4 heteroatoms. The standard InChI is InChI=1S/C10H19NO3/c12-6-10(4-5-14-7-10)11-8-2-1-3-9(8)13/h8-9,11-13H,1-7H2/t8-,9-,10?/m0/s1. The molecule has 1 aliphatic heterocycles. The largest absolute Gasteiger partial charge is 0.394 e. The minimum absolute atomic E-state index is 0.0935. The second kappa shape index (κ2) is 4.14. The third-order valence-electron chi connectivity index (χ3n) is 3.38. The normalized spacial score (nSPS) is 43.3. The Balaban J connectivity index is 1.93. The summed E-state index contributed by atoms with van der Waals surface area (Å²) >= 11 is 0. The fourth-order valence-electron chi connectivity index (χ4n) is 2.39. The van der Waals surface area contributed by atoms with Crippen LogP contribution in [0.15, 0.2) is 0 Å². The summed E-state index contributed by atoms with van der Waals surface area (Å²) in [6.45, 7) is 1.36. The van der Waals surface area contributed by atoms with Gasteiger partial charge in [-0.25, -0.2) is 0 Å². The molecule has 3 N–H and O–H groups in total. The van der Waals surface area contributed by atoms with Crippen molar-refractivity contribution in [1.82, 2.24) is 5.32 Å². The van der Waals surface area contributed by atoms with Gasteiger partial charge in [-0.1, -0.05) is 0 Å². The molecule has 1 heterocycles. The third kappa shape index (κ3) is 1.93. The Morgan fingerprint density at radius 1 is 1.43 bits per heavy atom. The van der Waals surface area contributed by atoms with Gasteiger partial charge < -0.3 is 20.3 Å². The highest BCUT2D eigenvalue weighted by atomic mass is 16.5. The lowest BCUT2D eigenvalue weighted by atomic mass is 9.98. The Bertz CT molecular complexity index is 192. The molecule has 0 spiro atoms. The zero-order valence-corrected chi connectivity index (χ0v) is 8.41. The Morgan fingerprint density at radius 3 is 2.79 bits per heavy atom. The van der Waals surface area contributed by atoms with Gasteiger partial charge in [-0.15, -0.1) is 0 Å².